The zero-order valence-electron chi connectivity index (χ0n) is 11.9. The Hall–Kier alpha value is -1.00. The summed E-state index contributed by atoms with van der Waals surface area (Å²) >= 11 is 9.60. The van der Waals surface area contributed by atoms with E-state index in [1.807, 2.05) is 18.2 Å². The van der Waals surface area contributed by atoms with E-state index in [0.29, 0.717) is 17.6 Å². The maximum Gasteiger partial charge on any atom is 0.0815 e. The summed E-state index contributed by atoms with van der Waals surface area (Å²) in [7, 11) is 0. The number of nitrogens with one attached hydrogen (secondary N) is 1. The Morgan fingerprint density at radius 3 is 2.86 bits per heavy atom. The van der Waals surface area contributed by atoms with Gasteiger partial charge < -0.3 is 5.32 Å². The maximum absolute atomic E-state index is 6.09. The molecule has 1 heterocycles. The third-order valence-electron chi connectivity index (χ3n) is 4.02. The molecular formula is C16H19BrClN3. The number of benzene rings is 1. The number of hydrogen-bond donors (Lipinski definition) is 1. The van der Waals surface area contributed by atoms with Gasteiger partial charge in [-0.1, -0.05) is 36.9 Å². The van der Waals surface area contributed by atoms with Crippen LogP contribution in [-0.4, -0.2) is 9.78 Å². The highest BCUT2D eigenvalue weighted by atomic mass is 79.9. The van der Waals surface area contributed by atoms with Crippen molar-refractivity contribution in [3.63, 3.8) is 0 Å². The lowest BCUT2D eigenvalue weighted by atomic mass is 9.96. The molecule has 0 atom stereocenters. The van der Waals surface area contributed by atoms with Crippen LogP contribution in [0.15, 0.2) is 34.9 Å². The monoisotopic (exact) mass is 367 g/mol. The van der Waals surface area contributed by atoms with Crippen molar-refractivity contribution in [1.29, 1.82) is 0 Å². The molecule has 1 N–H and O–H groups in total. The molecule has 0 amide bonds. The van der Waals surface area contributed by atoms with Gasteiger partial charge in [-0.25, -0.2) is 0 Å². The maximum atomic E-state index is 6.09. The Labute approximate surface area is 138 Å². The van der Waals surface area contributed by atoms with Crippen LogP contribution < -0.4 is 5.32 Å². The second kappa shape index (κ2) is 6.84. The van der Waals surface area contributed by atoms with Gasteiger partial charge in [0.15, 0.2) is 0 Å². The molecule has 0 radical (unpaired) electrons. The topological polar surface area (TPSA) is 29.9 Å². The van der Waals surface area contributed by atoms with Crippen LogP contribution >= 0.6 is 27.5 Å². The molecule has 1 aliphatic carbocycles. The quantitative estimate of drug-likeness (QED) is 0.781. The zero-order chi connectivity index (χ0) is 14.7. The standard InChI is InChI=1S/C16H19BrClN3/c17-16-14(18)7-4-8-15(16)19-11-12-9-10-21(20-12)13-5-2-1-3-6-13/h4,7-10,13,19H,1-3,5-6,11H2. The molecule has 0 saturated heterocycles. The van der Waals surface area contributed by atoms with E-state index in [9.17, 15) is 0 Å². The van der Waals surface area contributed by atoms with E-state index in [0.717, 1.165) is 15.9 Å². The molecular weight excluding hydrogens is 350 g/mol. The van der Waals surface area contributed by atoms with Crippen molar-refractivity contribution in [1.82, 2.24) is 9.78 Å². The van der Waals surface area contributed by atoms with Crippen molar-refractivity contribution in [2.75, 3.05) is 5.32 Å². The predicted molar refractivity (Wildman–Crippen MR) is 90.8 cm³/mol. The van der Waals surface area contributed by atoms with E-state index in [4.69, 9.17) is 16.7 Å². The molecule has 0 aliphatic heterocycles. The molecule has 112 valence electrons. The molecule has 1 aromatic carbocycles. The first-order chi connectivity index (χ1) is 10.2. The summed E-state index contributed by atoms with van der Waals surface area (Å²) < 4.78 is 3.04. The number of anilines is 1. The molecule has 0 bridgehead atoms. The van der Waals surface area contributed by atoms with Crippen LogP contribution in [-0.2, 0) is 6.54 Å². The van der Waals surface area contributed by atoms with E-state index in [1.54, 1.807) is 0 Å². The SMILES string of the molecule is Clc1cccc(NCc2ccn(C3CCCCC3)n2)c1Br. The first kappa shape index (κ1) is 14.9. The van der Waals surface area contributed by atoms with Gasteiger partial charge in [0.2, 0.25) is 0 Å². The first-order valence-electron chi connectivity index (χ1n) is 7.46. The summed E-state index contributed by atoms with van der Waals surface area (Å²) in [5.74, 6) is 0. The second-order valence-corrected chi connectivity index (χ2v) is 6.73. The molecule has 1 aliphatic rings. The van der Waals surface area contributed by atoms with Crippen LogP contribution in [0.4, 0.5) is 5.69 Å². The average Bonchev–Trinajstić information content (AvgIpc) is 2.99. The lowest BCUT2D eigenvalue weighted by molar-refractivity contribution is 0.328. The van der Waals surface area contributed by atoms with Crippen molar-refractivity contribution >= 4 is 33.2 Å². The van der Waals surface area contributed by atoms with Crippen molar-refractivity contribution in [2.45, 2.75) is 44.7 Å². The normalized spacial score (nSPS) is 16.1. The van der Waals surface area contributed by atoms with Gasteiger partial charge >= 0.3 is 0 Å². The number of hydrogen-bond acceptors (Lipinski definition) is 2. The van der Waals surface area contributed by atoms with Gasteiger partial charge in [-0.2, -0.15) is 5.10 Å². The molecule has 1 aromatic heterocycles. The molecule has 3 rings (SSSR count). The summed E-state index contributed by atoms with van der Waals surface area (Å²) in [6.07, 6.45) is 8.65. The Bertz CT molecular complexity index is 605. The largest absolute Gasteiger partial charge is 0.378 e. The van der Waals surface area contributed by atoms with Gasteiger partial charge in [0.05, 0.1) is 33.5 Å². The predicted octanol–water partition coefficient (Wildman–Crippen LogP) is 5.42. The summed E-state index contributed by atoms with van der Waals surface area (Å²) in [5.41, 5.74) is 2.06. The summed E-state index contributed by atoms with van der Waals surface area (Å²) in [4.78, 5) is 0. The molecule has 3 nitrogen and oxygen atoms in total. The van der Waals surface area contributed by atoms with Gasteiger partial charge in [0.1, 0.15) is 0 Å². The molecule has 5 heteroatoms. The van der Waals surface area contributed by atoms with Crippen LogP contribution in [0.5, 0.6) is 0 Å². The number of halogens is 2. The van der Waals surface area contributed by atoms with Crippen LogP contribution in [0.3, 0.4) is 0 Å². The van der Waals surface area contributed by atoms with E-state index < -0.39 is 0 Å². The number of nitrogens with zero attached hydrogens (tertiary/aromatic N) is 2. The van der Waals surface area contributed by atoms with Crippen molar-refractivity contribution in [2.24, 2.45) is 0 Å². The van der Waals surface area contributed by atoms with Crippen LogP contribution in [0, 0.1) is 0 Å². The summed E-state index contributed by atoms with van der Waals surface area (Å²) in [6.45, 7) is 0.707. The minimum absolute atomic E-state index is 0.588. The lowest BCUT2D eigenvalue weighted by Gasteiger charge is -2.21. The zero-order valence-corrected chi connectivity index (χ0v) is 14.2. The number of rotatable bonds is 4. The van der Waals surface area contributed by atoms with E-state index in [1.165, 1.54) is 32.1 Å². The fraction of sp³-hybridized carbons (Fsp3) is 0.438. The van der Waals surface area contributed by atoms with Gasteiger partial charge in [0, 0.05) is 6.20 Å². The minimum Gasteiger partial charge on any atom is -0.378 e. The van der Waals surface area contributed by atoms with E-state index >= 15 is 0 Å². The van der Waals surface area contributed by atoms with Crippen molar-refractivity contribution < 1.29 is 0 Å². The van der Waals surface area contributed by atoms with Gasteiger partial charge in [-0.05, 0) is 47.0 Å². The highest BCUT2D eigenvalue weighted by Gasteiger charge is 2.16. The van der Waals surface area contributed by atoms with E-state index in [-0.39, 0.29) is 0 Å². The average molecular weight is 369 g/mol. The molecule has 1 fully saturated rings. The van der Waals surface area contributed by atoms with Crippen molar-refractivity contribution in [3.8, 4) is 0 Å². The molecule has 2 aromatic rings. The smallest absolute Gasteiger partial charge is 0.0815 e. The van der Waals surface area contributed by atoms with Gasteiger partial charge in [-0.3, -0.25) is 4.68 Å². The van der Waals surface area contributed by atoms with Gasteiger partial charge in [0.25, 0.3) is 0 Å². The van der Waals surface area contributed by atoms with Crippen LogP contribution in [0.1, 0.15) is 43.8 Å². The Morgan fingerprint density at radius 1 is 1.24 bits per heavy atom. The second-order valence-electron chi connectivity index (χ2n) is 5.53. The fourth-order valence-corrected chi connectivity index (χ4v) is 3.43. The van der Waals surface area contributed by atoms with E-state index in [2.05, 4.69) is 38.2 Å². The van der Waals surface area contributed by atoms with Crippen LogP contribution in [0.25, 0.3) is 0 Å². The third kappa shape index (κ3) is 3.61. The highest BCUT2D eigenvalue weighted by Crippen LogP contribution is 2.30. The minimum atomic E-state index is 0.588. The molecule has 21 heavy (non-hydrogen) atoms. The summed E-state index contributed by atoms with van der Waals surface area (Å²) in [5, 5.41) is 8.80. The first-order valence-corrected chi connectivity index (χ1v) is 8.63. The van der Waals surface area contributed by atoms with Gasteiger partial charge in [-0.15, -0.1) is 0 Å². The fourth-order valence-electron chi connectivity index (χ4n) is 2.85. The third-order valence-corrected chi connectivity index (χ3v) is 5.42. The Kier molecular flexibility index (Phi) is 4.86. The van der Waals surface area contributed by atoms with Crippen LogP contribution in [0.2, 0.25) is 5.02 Å². The molecule has 1 saturated carbocycles. The highest BCUT2D eigenvalue weighted by molar-refractivity contribution is 9.10. The van der Waals surface area contributed by atoms with Crippen molar-refractivity contribution in [3.05, 3.63) is 45.7 Å². The molecule has 0 unspecified atom stereocenters. The Morgan fingerprint density at radius 2 is 2.05 bits per heavy atom. The summed E-state index contributed by atoms with van der Waals surface area (Å²) in [6, 6.07) is 8.50. The Balaban J connectivity index is 1.63. The molecule has 0 spiro atoms. The lowest BCUT2D eigenvalue weighted by Crippen LogP contribution is -2.13. The number of aromatic nitrogens is 2.